The Morgan fingerprint density at radius 1 is 1.33 bits per heavy atom. The molecule has 1 nitrogen and oxygen atoms in total. The minimum atomic E-state index is 0.239. The van der Waals surface area contributed by atoms with Crippen molar-refractivity contribution in [3.05, 3.63) is 34.9 Å². The molecule has 1 aromatic carbocycles. The van der Waals surface area contributed by atoms with Gasteiger partial charge in [0.1, 0.15) is 0 Å². The largest absolute Gasteiger partial charge is 0.396 e. The van der Waals surface area contributed by atoms with Crippen LogP contribution in [0, 0.1) is 5.92 Å². The minimum absolute atomic E-state index is 0.239. The van der Waals surface area contributed by atoms with Crippen LogP contribution in [0.2, 0.25) is 5.02 Å². The standard InChI is InChI=1S/C10H13ClO/c1-8(7-12)6-9-2-4-10(11)5-3-9/h2-5,8,12H,6-7H2,1H3. The van der Waals surface area contributed by atoms with Crippen LogP contribution < -0.4 is 0 Å². The third-order valence-electron chi connectivity index (χ3n) is 1.81. The van der Waals surface area contributed by atoms with Crippen molar-refractivity contribution in [3.8, 4) is 0 Å². The summed E-state index contributed by atoms with van der Waals surface area (Å²) < 4.78 is 0. The SMILES string of the molecule is CC(CO)Cc1ccc(Cl)cc1. The summed E-state index contributed by atoms with van der Waals surface area (Å²) >= 11 is 5.73. The fourth-order valence-corrected chi connectivity index (χ4v) is 1.21. The maximum absolute atomic E-state index is 8.82. The van der Waals surface area contributed by atoms with Gasteiger partial charge in [-0.05, 0) is 30.0 Å². The van der Waals surface area contributed by atoms with Crippen LogP contribution in [0.4, 0.5) is 0 Å². The molecule has 12 heavy (non-hydrogen) atoms. The minimum Gasteiger partial charge on any atom is -0.396 e. The van der Waals surface area contributed by atoms with Gasteiger partial charge in [0.25, 0.3) is 0 Å². The quantitative estimate of drug-likeness (QED) is 0.766. The van der Waals surface area contributed by atoms with Crippen LogP contribution in [0.5, 0.6) is 0 Å². The van der Waals surface area contributed by atoms with Crippen LogP contribution in [-0.2, 0) is 6.42 Å². The van der Waals surface area contributed by atoms with Crippen molar-refractivity contribution in [3.63, 3.8) is 0 Å². The first-order valence-electron chi connectivity index (χ1n) is 4.07. The smallest absolute Gasteiger partial charge is 0.0459 e. The molecular formula is C10H13ClO. The molecule has 0 bridgehead atoms. The summed E-state index contributed by atoms with van der Waals surface area (Å²) in [5.41, 5.74) is 1.22. The predicted octanol–water partition coefficient (Wildman–Crippen LogP) is 2.51. The van der Waals surface area contributed by atoms with Crippen molar-refractivity contribution in [2.75, 3.05) is 6.61 Å². The second-order valence-corrected chi connectivity index (χ2v) is 3.55. The molecule has 0 heterocycles. The van der Waals surface area contributed by atoms with Gasteiger partial charge < -0.3 is 5.11 Å². The first kappa shape index (κ1) is 9.56. The van der Waals surface area contributed by atoms with Gasteiger partial charge in [-0.25, -0.2) is 0 Å². The summed E-state index contributed by atoms with van der Waals surface area (Å²) in [6.07, 6.45) is 0.910. The lowest BCUT2D eigenvalue weighted by molar-refractivity contribution is 0.237. The molecule has 0 saturated carbocycles. The van der Waals surface area contributed by atoms with E-state index in [1.54, 1.807) is 0 Å². The highest BCUT2D eigenvalue weighted by Crippen LogP contribution is 2.12. The Bertz CT molecular complexity index is 230. The summed E-state index contributed by atoms with van der Waals surface area (Å²) in [6.45, 7) is 2.26. The van der Waals surface area contributed by atoms with E-state index in [0.717, 1.165) is 11.4 Å². The molecule has 0 fully saturated rings. The lowest BCUT2D eigenvalue weighted by Gasteiger charge is -2.06. The first-order valence-corrected chi connectivity index (χ1v) is 4.45. The first-order chi connectivity index (χ1) is 5.72. The third-order valence-corrected chi connectivity index (χ3v) is 2.06. The van der Waals surface area contributed by atoms with E-state index in [1.165, 1.54) is 5.56 Å². The zero-order valence-corrected chi connectivity index (χ0v) is 7.88. The lowest BCUT2D eigenvalue weighted by atomic mass is 10.0. The van der Waals surface area contributed by atoms with Crippen LogP contribution in [0.25, 0.3) is 0 Å². The Morgan fingerprint density at radius 2 is 1.92 bits per heavy atom. The Kier molecular flexibility index (Phi) is 3.57. The lowest BCUT2D eigenvalue weighted by Crippen LogP contribution is -2.04. The Hall–Kier alpha value is -0.530. The van der Waals surface area contributed by atoms with Crippen LogP contribution in [0.3, 0.4) is 0 Å². The number of benzene rings is 1. The Labute approximate surface area is 78.0 Å². The summed E-state index contributed by atoms with van der Waals surface area (Å²) in [5, 5.41) is 9.58. The van der Waals surface area contributed by atoms with Gasteiger partial charge in [-0.2, -0.15) is 0 Å². The molecule has 1 aromatic rings. The maximum Gasteiger partial charge on any atom is 0.0459 e. The molecule has 0 amide bonds. The van der Waals surface area contributed by atoms with Crippen molar-refractivity contribution in [1.82, 2.24) is 0 Å². The van der Waals surface area contributed by atoms with E-state index in [2.05, 4.69) is 0 Å². The van der Waals surface area contributed by atoms with E-state index in [4.69, 9.17) is 16.7 Å². The molecule has 0 saturated heterocycles. The van der Waals surface area contributed by atoms with Crippen molar-refractivity contribution < 1.29 is 5.11 Å². The van der Waals surface area contributed by atoms with Crippen molar-refractivity contribution in [2.45, 2.75) is 13.3 Å². The average molecular weight is 185 g/mol. The molecule has 66 valence electrons. The van der Waals surface area contributed by atoms with E-state index in [-0.39, 0.29) is 6.61 Å². The van der Waals surface area contributed by atoms with Crippen LogP contribution in [-0.4, -0.2) is 11.7 Å². The summed E-state index contributed by atoms with van der Waals surface area (Å²) in [7, 11) is 0. The van der Waals surface area contributed by atoms with E-state index in [1.807, 2.05) is 31.2 Å². The molecule has 1 N–H and O–H groups in total. The van der Waals surface area contributed by atoms with Gasteiger partial charge in [0.05, 0.1) is 0 Å². The topological polar surface area (TPSA) is 20.2 Å². The molecule has 0 aliphatic heterocycles. The van der Waals surface area contributed by atoms with Crippen LogP contribution >= 0.6 is 11.6 Å². The number of aliphatic hydroxyl groups is 1. The zero-order chi connectivity index (χ0) is 8.97. The van der Waals surface area contributed by atoms with E-state index < -0.39 is 0 Å². The Morgan fingerprint density at radius 3 is 2.42 bits per heavy atom. The highest BCUT2D eigenvalue weighted by molar-refractivity contribution is 6.30. The van der Waals surface area contributed by atoms with E-state index in [0.29, 0.717) is 5.92 Å². The normalized spacial score (nSPS) is 12.9. The van der Waals surface area contributed by atoms with Gasteiger partial charge in [0, 0.05) is 11.6 Å². The number of rotatable bonds is 3. The van der Waals surface area contributed by atoms with Crippen molar-refractivity contribution >= 4 is 11.6 Å². The predicted molar refractivity (Wildman–Crippen MR) is 51.4 cm³/mol. The van der Waals surface area contributed by atoms with Gasteiger partial charge in [0.15, 0.2) is 0 Å². The molecule has 0 aliphatic rings. The Balaban J connectivity index is 2.58. The van der Waals surface area contributed by atoms with Crippen molar-refractivity contribution in [2.24, 2.45) is 5.92 Å². The monoisotopic (exact) mass is 184 g/mol. The molecule has 0 spiro atoms. The number of hydrogen-bond acceptors (Lipinski definition) is 1. The van der Waals surface area contributed by atoms with E-state index >= 15 is 0 Å². The molecule has 2 heteroatoms. The third kappa shape index (κ3) is 2.84. The second-order valence-electron chi connectivity index (χ2n) is 3.12. The fourth-order valence-electron chi connectivity index (χ4n) is 1.09. The molecule has 1 rings (SSSR count). The average Bonchev–Trinajstić information content (AvgIpc) is 2.09. The summed E-state index contributed by atoms with van der Waals surface area (Å²) in [4.78, 5) is 0. The van der Waals surface area contributed by atoms with Gasteiger partial charge in [-0.1, -0.05) is 30.7 Å². The highest BCUT2D eigenvalue weighted by atomic mass is 35.5. The highest BCUT2D eigenvalue weighted by Gasteiger charge is 2.00. The van der Waals surface area contributed by atoms with E-state index in [9.17, 15) is 0 Å². The van der Waals surface area contributed by atoms with Crippen molar-refractivity contribution in [1.29, 1.82) is 0 Å². The van der Waals surface area contributed by atoms with Gasteiger partial charge in [0.2, 0.25) is 0 Å². The van der Waals surface area contributed by atoms with Gasteiger partial charge in [-0.15, -0.1) is 0 Å². The summed E-state index contributed by atoms with van der Waals surface area (Å²) in [6, 6.07) is 7.74. The zero-order valence-electron chi connectivity index (χ0n) is 7.13. The number of halogens is 1. The number of hydrogen-bond donors (Lipinski definition) is 1. The molecule has 0 aromatic heterocycles. The van der Waals surface area contributed by atoms with Crippen LogP contribution in [0.1, 0.15) is 12.5 Å². The molecule has 0 radical (unpaired) electrons. The van der Waals surface area contributed by atoms with Gasteiger partial charge in [-0.3, -0.25) is 0 Å². The molecule has 1 unspecified atom stereocenters. The summed E-state index contributed by atoms with van der Waals surface area (Å²) in [5.74, 6) is 0.325. The molecule has 1 atom stereocenters. The van der Waals surface area contributed by atoms with Gasteiger partial charge >= 0.3 is 0 Å². The number of aliphatic hydroxyl groups excluding tert-OH is 1. The molecular weight excluding hydrogens is 172 g/mol. The second kappa shape index (κ2) is 4.48. The maximum atomic E-state index is 8.82. The fraction of sp³-hybridized carbons (Fsp3) is 0.400. The van der Waals surface area contributed by atoms with Crippen LogP contribution in [0.15, 0.2) is 24.3 Å². The molecule has 0 aliphatic carbocycles.